The van der Waals surface area contributed by atoms with Gasteiger partial charge >= 0.3 is 0 Å². The van der Waals surface area contributed by atoms with E-state index in [1.54, 1.807) is 12.1 Å². The van der Waals surface area contributed by atoms with E-state index in [-0.39, 0.29) is 11.9 Å². The van der Waals surface area contributed by atoms with E-state index < -0.39 is 0 Å². The molecule has 0 bridgehead atoms. The predicted molar refractivity (Wildman–Crippen MR) is 79.6 cm³/mol. The van der Waals surface area contributed by atoms with Crippen molar-refractivity contribution in [2.75, 3.05) is 25.1 Å². The van der Waals surface area contributed by atoms with Gasteiger partial charge in [-0.15, -0.1) is 10.2 Å². The van der Waals surface area contributed by atoms with Gasteiger partial charge in [-0.05, 0) is 38.4 Å². The molecule has 1 amide bonds. The molecule has 1 aromatic rings. The van der Waals surface area contributed by atoms with Crippen molar-refractivity contribution in [1.82, 2.24) is 20.0 Å². The molecule has 2 aliphatic rings. The Balaban J connectivity index is 1.73. The average Bonchev–Trinajstić information content (AvgIpc) is 2.53. The zero-order valence-electron chi connectivity index (χ0n) is 12.3. The normalized spacial score (nSPS) is 26.3. The van der Waals surface area contributed by atoms with Crippen LogP contribution in [0.4, 0.5) is 5.82 Å². The summed E-state index contributed by atoms with van der Waals surface area (Å²) in [7, 11) is 0. The standard InChI is InChI=1S/C14H22N6O/c1-10-8-19-7-3-2-4-11(19)9-20(10)14(21)12-5-6-13(16-15)18-17-12/h5-6,10-11H,2-4,7-9,15H2,1H3,(H,16,18). The van der Waals surface area contributed by atoms with Crippen molar-refractivity contribution in [3.63, 3.8) is 0 Å². The SMILES string of the molecule is CC1CN2CCCCC2CN1C(=O)c1ccc(NN)nn1. The Morgan fingerprint density at radius 3 is 2.90 bits per heavy atom. The molecule has 3 N–H and O–H groups in total. The highest BCUT2D eigenvalue weighted by molar-refractivity contribution is 5.92. The summed E-state index contributed by atoms with van der Waals surface area (Å²) in [6.45, 7) is 5.00. The van der Waals surface area contributed by atoms with Gasteiger partial charge in [0, 0.05) is 25.2 Å². The first-order valence-electron chi connectivity index (χ1n) is 7.54. The van der Waals surface area contributed by atoms with Gasteiger partial charge in [0.1, 0.15) is 0 Å². The number of hydrazine groups is 1. The monoisotopic (exact) mass is 290 g/mol. The topological polar surface area (TPSA) is 87.4 Å². The number of nitrogens with two attached hydrogens (primary N) is 1. The largest absolute Gasteiger partial charge is 0.332 e. The molecule has 7 nitrogen and oxygen atoms in total. The fourth-order valence-electron chi connectivity index (χ4n) is 3.31. The molecule has 1 aromatic heterocycles. The van der Waals surface area contributed by atoms with Crippen LogP contribution in [0.5, 0.6) is 0 Å². The molecule has 0 saturated carbocycles. The maximum atomic E-state index is 12.6. The smallest absolute Gasteiger partial charge is 0.274 e. The fraction of sp³-hybridized carbons (Fsp3) is 0.643. The van der Waals surface area contributed by atoms with Crippen LogP contribution in [-0.4, -0.2) is 57.6 Å². The molecule has 114 valence electrons. The van der Waals surface area contributed by atoms with Gasteiger partial charge in [-0.3, -0.25) is 9.69 Å². The minimum Gasteiger partial charge on any atom is -0.332 e. The van der Waals surface area contributed by atoms with Crippen molar-refractivity contribution in [3.8, 4) is 0 Å². The van der Waals surface area contributed by atoms with Gasteiger partial charge in [0.05, 0.1) is 0 Å². The average molecular weight is 290 g/mol. The highest BCUT2D eigenvalue weighted by Crippen LogP contribution is 2.24. The van der Waals surface area contributed by atoms with Crippen LogP contribution in [0.25, 0.3) is 0 Å². The van der Waals surface area contributed by atoms with Crippen LogP contribution in [0, 0.1) is 0 Å². The summed E-state index contributed by atoms with van der Waals surface area (Å²) in [5.41, 5.74) is 2.79. The molecule has 7 heteroatoms. The molecule has 3 rings (SSSR count). The first kappa shape index (κ1) is 14.2. The number of piperidine rings is 1. The molecule has 2 saturated heterocycles. The van der Waals surface area contributed by atoms with Gasteiger partial charge in [0.2, 0.25) is 0 Å². The lowest BCUT2D eigenvalue weighted by molar-refractivity contribution is 0.0147. The molecule has 2 aliphatic heterocycles. The van der Waals surface area contributed by atoms with Crippen LogP contribution in [0.3, 0.4) is 0 Å². The maximum absolute atomic E-state index is 12.6. The summed E-state index contributed by atoms with van der Waals surface area (Å²) in [4.78, 5) is 17.1. The van der Waals surface area contributed by atoms with Gasteiger partial charge < -0.3 is 10.3 Å². The zero-order valence-corrected chi connectivity index (χ0v) is 12.3. The second-order valence-electron chi connectivity index (χ2n) is 5.90. The molecule has 0 aliphatic carbocycles. The molecule has 2 atom stereocenters. The third-order valence-electron chi connectivity index (χ3n) is 4.48. The molecule has 0 spiro atoms. The molecule has 0 radical (unpaired) electrons. The Hall–Kier alpha value is -1.73. The number of piperazine rings is 1. The molecular formula is C14H22N6O. The van der Waals surface area contributed by atoms with Crippen molar-refractivity contribution in [2.24, 2.45) is 5.84 Å². The second kappa shape index (κ2) is 5.95. The van der Waals surface area contributed by atoms with Crippen LogP contribution in [0.15, 0.2) is 12.1 Å². The van der Waals surface area contributed by atoms with Crippen molar-refractivity contribution < 1.29 is 4.79 Å². The minimum absolute atomic E-state index is 0.0382. The number of carbonyl (C=O) groups excluding carboxylic acids is 1. The van der Waals surface area contributed by atoms with Crippen LogP contribution in [0.2, 0.25) is 0 Å². The van der Waals surface area contributed by atoms with Crippen molar-refractivity contribution in [3.05, 3.63) is 17.8 Å². The first-order chi connectivity index (χ1) is 10.2. The Morgan fingerprint density at radius 2 is 2.19 bits per heavy atom. The first-order valence-corrected chi connectivity index (χ1v) is 7.54. The van der Waals surface area contributed by atoms with Crippen LogP contribution < -0.4 is 11.3 Å². The van der Waals surface area contributed by atoms with Crippen molar-refractivity contribution in [2.45, 2.75) is 38.3 Å². The van der Waals surface area contributed by atoms with Crippen LogP contribution >= 0.6 is 0 Å². The van der Waals surface area contributed by atoms with Gasteiger partial charge in [-0.1, -0.05) is 6.42 Å². The lowest BCUT2D eigenvalue weighted by Gasteiger charge is -2.47. The Bertz CT molecular complexity index is 505. The number of fused-ring (bicyclic) bond motifs is 1. The van der Waals surface area contributed by atoms with Crippen molar-refractivity contribution in [1.29, 1.82) is 0 Å². The number of carbonyl (C=O) groups is 1. The highest BCUT2D eigenvalue weighted by Gasteiger charge is 2.35. The van der Waals surface area contributed by atoms with E-state index in [1.165, 1.54) is 19.3 Å². The van der Waals surface area contributed by atoms with Gasteiger partial charge in [-0.25, -0.2) is 5.84 Å². The number of nitrogen functional groups attached to an aromatic ring is 1. The van der Waals surface area contributed by atoms with E-state index in [0.717, 1.165) is 19.6 Å². The van der Waals surface area contributed by atoms with E-state index in [9.17, 15) is 4.79 Å². The van der Waals surface area contributed by atoms with Crippen LogP contribution in [-0.2, 0) is 0 Å². The number of hydrogen-bond donors (Lipinski definition) is 2. The number of aromatic nitrogens is 2. The summed E-state index contributed by atoms with van der Waals surface area (Å²) >= 11 is 0. The number of rotatable bonds is 2. The molecule has 2 unspecified atom stereocenters. The third-order valence-corrected chi connectivity index (χ3v) is 4.48. The molecule has 0 aromatic carbocycles. The van der Waals surface area contributed by atoms with E-state index in [0.29, 0.717) is 17.6 Å². The van der Waals surface area contributed by atoms with E-state index in [4.69, 9.17) is 5.84 Å². The Labute approximate surface area is 124 Å². The quantitative estimate of drug-likeness (QED) is 0.608. The van der Waals surface area contributed by atoms with Crippen molar-refractivity contribution >= 4 is 11.7 Å². The fourth-order valence-corrected chi connectivity index (χ4v) is 3.31. The summed E-state index contributed by atoms with van der Waals surface area (Å²) < 4.78 is 0. The number of hydrogen-bond acceptors (Lipinski definition) is 6. The predicted octanol–water partition coefficient (Wildman–Crippen LogP) is 0.461. The summed E-state index contributed by atoms with van der Waals surface area (Å²) in [6.07, 6.45) is 3.71. The zero-order chi connectivity index (χ0) is 14.8. The molecule has 3 heterocycles. The van der Waals surface area contributed by atoms with Gasteiger partial charge in [0.15, 0.2) is 11.5 Å². The summed E-state index contributed by atoms with van der Waals surface area (Å²) in [5.74, 6) is 5.68. The van der Waals surface area contributed by atoms with E-state index in [2.05, 4.69) is 27.4 Å². The summed E-state index contributed by atoms with van der Waals surface area (Å²) in [5, 5.41) is 7.84. The van der Waals surface area contributed by atoms with E-state index in [1.807, 2.05) is 4.90 Å². The summed E-state index contributed by atoms with van der Waals surface area (Å²) in [6, 6.07) is 4.05. The lowest BCUT2D eigenvalue weighted by atomic mass is 9.97. The number of nitrogens with one attached hydrogen (secondary N) is 1. The number of amides is 1. The lowest BCUT2D eigenvalue weighted by Crippen LogP contribution is -2.60. The third kappa shape index (κ3) is 2.84. The molecule has 21 heavy (non-hydrogen) atoms. The molecule has 2 fully saturated rings. The highest BCUT2D eigenvalue weighted by atomic mass is 16.2. The van der Waals surface area contributed by atoms with Gasteiger partial charge in [0.25, 0.3) is 5.91 Å². The van der Waals surface area contributed by atoms with Crippen LogP contribution in [0.1, 0.15) is 36.7 Å². The number of nitrogens with zero attached hydrogens (tertiary/aromatic N) is 4. The second-order valence-corrected chi connectivity index (χ2v) is 5.90. The Morgan fingerprint density at radius 1 is 1.33 bits per heavy atom. The Kier molecular flexibility index (Phi) is 4.03. The number of anilines is 1. The minimum atomic E-state index is -0.0382. The van der Waals surface area contributed by atoms with E-state index >= 15 is 0 Å². The van der Waals surface area contributed by atoms with Gasteiger partial charge in [-0.2, -0.15) is 0 Å². The molecular weight excluding hydrogens is 268 g/mol. The maximum Gasteiger partial charge on any atom is 0.274 e.